The number of piperidine rings is 2. The molecule has 2 aliphatic heterocycles. The Morgan fingerprint density at radius 3 is 2.45 bits per heavy atom. The molecule has 1 N–H and O–H groups in total. The second-order valence-corrected chi connectivity index (χ2v) is 10.1. The van der Waals surface area contributed by atoms with E-state index in [0.717, 1.165) is 30.3 Å². The summed E-state index contributed by atoms with van der Waals surface area (Å²) in [5, 5.41) is 2.35. The summed E-state index contributed by atoms with van der Waals surface area (Å²) in [6.07, 6.45) is 2.76. The van der Waals surface area contributed by atoms with Crippen molar-refractivity contribution in [3.63, 3.8) is 0 Å². The lowest BCUT2D eigenvalue weighted by atomic mass is 9.89. The van der Waals surface area contributed by atoms with Gasteiger partial charge >= 0.3 is 11.8 Å². The summed E-state index contributed by atoms with van der Waals surface area (Å²) >= 11 is 0. The summed E-state index contributed by atoms with van der Waals surface area (Å²) in [4.78, 5) is 51.2. The maximum absolute atomic E-state index is 13.1. The van der Waals surface area contributed by atoms with Gasteiger partial charge in [-0.25, -0.2) is 9.59 Å². The summed E-state index contributed by atoms with van der Waals surface area (Å²) < 4.78 is 8.61. The topological polar surface area (TPSA) is 103 Å². The highest BCUT2D eigenvalue weighted by Crippen LogP contribution is 2.29. The number of hydrogen-bond acceptors (Lipinski definition) is 5. The van der Waals surface area contributed by atoms with Crippen LogP contribution in [0.2, 0.25) is 0 Å². The number of imide groups is 1. The van der Waals surface area contributed by atoms with E-state index in [1.807, 2.05) is 39.0 Å². The highest BCUT2D eigenvalue weighted by Gasteiger charge is 2.32. The molecule has 9 nitrogen and oxygen atoms in total. The maximum Gasteiger partial charge on any atom is 0.410 e. The van der Waals surface area contributed by atoms with Crippen molar-refractivity contribution in [2.45, 2.75) is 64.5 Å². The number of nitrogens with one attached hydrogen (secondary N) is 1. The van der Waals surface area contributed by atoms with E-state index < -0.39 is 17.6 Å². The van der Waals surface area contributed by atoms with Crippen LogP contribution in [0.1, 0.15) is 58.1 Å². The number of aromatic nitrogens is 2. The van der Waals surface area contributed by atoms with Gasteiger partial charge in [-0.2, -0.15) is 0 Å². The Balaban J connectivity index is 1.53. The fourth-order valence-corrected chi connectivity index (χ4v) is 4.87. The number of likely N-dealkylation sites (tertiary alicyclic amines) is 1. The number of hydrogen-bond donors (Lipinski definition) is 1. The average Bonchev–Trinajstić information content (AvgIpc) is 2.99. The Morgan fingerprint density at radius 2 is 1.82 bits per heavy atom. The summed E-state index contributed by atoms with van der Waals surface area (Å²) in [5.74, 6) is -0.355. The molecule has 2 aliphatic rings. The fraction of sp³-hybridized carbons (Fsp3) is 0.583. The predicted molar refractivity (Wildman–Crippen MR) is 123 cm³/mol. The molecule has 0 aliphatic carbocycles. The van der Waals surface area contributed by atoms with Crippen LogP contribution >= 0.6 is 0 Å². The Hall–Kier alpha value is -3.10. The molecule has 3 heterocycles. The molecule has 0 radical (unpaired) electrons. The zero-order valence-corrected chi connectivity index (χ0v) is 19.7. The molecule has 1 aromatic heterocycles. The molecule has 0 bridgehead atoms. The second-order valence-electron chi connectivity index (χ2n) is 10.1. The van der Waals surface area contributed by atoms with Crippen LogP contribution in [-0.4, -0.2) is 50.6 Å². The second kappa shape index (κ2) is 8.68. The van der Waals surface area contributed by atoms with Crippen LogP contribution in [0.4, 0.5) is 4.79 Å². The van der Waals surface area contributed by atoms with Crippen molar-refractivity contribution in [3.8, 4) is 0 Å². The van der Waals surface area contributed by atoms with Gasteiger partial charge in [-0.1, -0.05) is 12.1 Å². The lowest BCUT2D eigenvalue weighted by molar-refractivity contribution is -0.135. The Morgan fingerprint density at radius 1 is 1.12 bits per heavy atom. The first kappa shape index (κ1) is 23.1. The van der Waals surface area contributed by atoms with E-state index in [1.54, 1.807) is 16.5 Å². The number of amides is 3. The molecule has 2 saturated heterocycles. The van der Waals surface area contributed by atoms with Gasteiger partial charge in [0.1, 0.15) is 11.6 Å². The number of nitrogens with zero attached hydrogens (tertiary/aromatic N) is 3. The number of para-hydroxylation sites is 1. The molecule has 1 atom stereocenters. The van der Waals surface area contributed by atoms with E-state index in [9.17, 15) is 19.2 Å². The van der Waals surface area contributed by atoms with Gasteiger partial charge in [0.25, 0.3) is 0 Å². The quantitative estimate of drug-likeness (QED) is 0.715. The van der Waals surface area contributed by atoms with Crippen LogP contribution in [0.3, 0.4) is 0 Å². The summed E-state index contributed by atoms with van der Waals surface area (Å²) in [6.45, 7) is 6.88. The molecule has 1 unspecified atom stereocenters. The van der Waals surface area contributed by atoms with Crippen LogP contribution in [0, 0.1) is 5.92 Å². The lowest BCUT2D eigenvalue weighted by Gasteiger charge is -2.33. The Bertz CT molecular complexity index is 1150. The molecule has 0 saturated carbocycles. The maximum atomic E-state index is 13.1. The normalized spacial score (nSPS) is 20.2. The first-order valence-electron chi connectivity index (χ1n) is 11.6. The first-order valence-corrected chi connectivity index (χ1v) is 11.6. The summed E-state index contributed by atoms with van der Waals surface area (Å²) in [6, 6.07) is 5.10. The zero-order chi connectivity index (χ0) is 23.9. The number of ether oxygens (including phenoxy) is 1. The van der Waals surface area contributed by atoms with Gasteiger partial charge in [-0.15, -0.1) is 0 Å². The van der Waals surface area contributed by atoms with Crippen LogP contribution in [0.25, 0.3) is 11.0 Å². The summed E-state index contributed by atoms with van der Waals surface area (Å²) in [5.41, 5.74) is 1.81. The van der Waals surface area contributed by atoms with Gasteiger partial charge in [0.05, 0.1) is 11.0 Å². The van der Waals surface area contributed by atoms with E-state index in [-0.39, 0.29) is 24.1 Å². The molecule has 178 valence electrons. The molecule has 2 fully saturated rings. The Labute approximate surface area is 192 Å². The molecule has 1 aromatic carbocycles. The number of benzene rings is 1. The molecule has 3 amide bonds. The third-order valence-corrected chi connectivity index (χ3v) is 6.48. The van der Waals surface area contributed by atoms with Crippen molar-refractivity contribution in [1.29, 1.82) is 0 Å². The largest absolute Gasteiger partial charge is 0.444 e. The van der Waals surface area contributed by atoms with Crippen LogP contribution in [0.5, 0.6) is 0 Å². The minimum absolute atomic E-state index is 0.217. The number of carbonyl (C=O) groups excluding carboxylic acids is 3. The molecule has 33 heavy (non-hydrogen) atoms. The van der Waals surface area contributed by atoms with Gasteiger partial charge in [0.2, 0.25) is 11.8 Å². The highest BCUT2D eigenvalue weighted by molar-refractivity contribution is 6.00. The minimum atomic E-state index is -0.689. The van der Waals surface area contributed by atoms with Crippen molar-refractivity contribution in [3.05, 3.63) is 34.2 Å². The first-order chi connectivity index (χ1) is 15.5. The van der Waals surface area contributed by atoms with Crippen molar-refractivity contribution < 1.29 is 19.1 Å². The van der Waals surface area contributed by atoms with E-state index >= 15 is 0 Å². The van der Waals surface area contributed by atoms with Gasteiger partial charge in [-0.05, 0) is 64.0 Å². The molecule has 0 spiro atoms. The van der Waals surface area contributed by atoms with E-state index in [0.29, 0.717) is 30.9 Å². The van der Waals surface area contributed by atoms with Crippen LogP contribution in [0.15, 0.2) is 23.0 Å². The molecular formula is C24H32N4O5. The van der Waals surface area contributed by atoms with Gasteiger partial charge in [0.15, 0.2) is 0 Å². The number of aryl methyl sites for hydroxylation is 1. The SMILES string of the molecule is Cn1c(=O)n(C2CCC(=O)NC2=O)c2cccc(CC3CCN(C(=O)OC(C)(C)C)CC3)c21. The molecular weight excluding hydrogens is 424 g/mol. The Kier molecular flexibility index (Phi) is 6.07. The van der Waals surface area contributed by atoms with Gasteiger partial charge in [-0.3, -0.25) is 24.0 Å². The van der Waals surface area contributed by atoms with Crippen molar-refractivity contribution >= 4 is 28.9 Å². The number of fused-ring (bicyclic) bond motifs is 1. The third kappa shape index (κ3) is 4.67. The van der Waals surface area contributed by atoms with Gasteiger partial charge in [0, 0.05) is 26.6 Å². The molecule has 4 rings (SSSR count). The fourth-order valence-electron chi connectivity index (χ4n) is 4.87. The van der Waals surface area contributed by atoms with Crippen LogP contribution in [-0.2, 0) is 27.8 Å². The van der Waals surface area contributed by atoms with E-state index in [1.165, 1.54) is 4.57 Å². The minimum Gasteiger partial charge on any atom is -0.444 e. The van der Waals surface area contributed by atoms with Crippen LogP contribution < -0.4 is 11.0 Å². The molecule has 9 heteroatoms. The third-order valence-electron chi connectivity index (χ3n) is 6.48. The van der Waals surface area contributed by atoms with E-state index in [4.69, 9.17) is 4.74 Å². The van der Waals surface area contributed by atoms with Gasteiger partial charge < -0.3 is 9.64 Å². The average molecular weight is 457 g/mol. The lowest BCUT2D eigenvalue weighted by Crippen LogP contribution is -2.44. The molecule has 2 aromatic rings. The zero-order valence-electron chi connectivity index (χ0n) is 19.7. The van der Waals surface area contributed by atoms with Crippen molar-refractivity contribution in [2.24, 2.45) is 13.0 Å². The predicted octanol–water partition coefficient (Wildman–Crippen LogP) is 2.51. The smallest absolute Gasteiger partial charge is 0.410 e. The monoisotopic (exact) mass is 456 g/mol. The number of carbonyl (C=O) groups is 3. The standard InChI is InChI=1S/C24H32N4O5/c1-24(2,3)33-23(32)27-12-10-15(11-13-27)14-16-6-5-7-17-20(16)26(4)22(31)28(17)18-8-9-19(29)25-21(18)30/h5-7,15,18H,8-14H2,1-4H3,(H,25,29,30). The number of rotatable bonds is 3. The van der Waals surface area contributed by atoms with E-state index in [2.05, 4.69) is 5.32 Å². The van der Waals surface area contributed by atoms with Crippen molar-refractivity contribution in [2.75, 3.05) is 13.1 Å². The number of imidazole rings is 1. The highest BCUT2D eigenvalue weighted by atomic mass is 16.6. The summed E-state index contributed by atoms with van der Waals surface area (Å²) in [7, 11) is 1.72. The van der Waals surface area contributed by atoms with Crippen molar-refractivity contribution in [1.82, 2.24) is 19.4 Å².